The molecule has 2 aromatic carbocycles. The average Bonchev–Trinajstić information content (AvgIpc) is 3.46. The first kappa shape index (κ1) is 29.3. The fourth-order valence-electron chi connectivity index (χ4n) is 5.69. The summed E-state index contributed by atoms with van der Waals surface area (Å²) in [4.78, 5) is 0. The predicted octanol–water partition coefficient (Wildman–Crippen LogP) is 8.64. The second kappa shape index (κ2) is 12.9. The van der Waals surface area contributed by atoms with Crippen LogP contribution in [-0.4, -0.2) is 6.88 Å². The van der Waals surface area contributed by atoms with Crippen LogP contribution in [0.4, 0.5) is 0 Å². The fourth-order valence-corrected chi connectivity index (χ4v) is 20.9. The summed E-state index contributed by atoms with van der Waals surface area (Å²) >= 11 is -3.12. The number of hydrogen-bond acceptors (Lipinski definition) is 0. The number of aryl methyl sites for hydroxylation is 2. The molecule has 0 aliphatic heterocycles. The summed E-state index contributed by atoms with van der Waals surface area (Å²) in [5.74, 6) is 0. The van der Waals surface area contributed by atoms with Crippen molar-refractivity contribution in [1.29, 1.82) is 0 Å². The minimum absolute atomic E-state index is 0. The molecule has 4 heteroatoms. The fraction of sp³-hybridized carbons (Fsp3) is 0.333. The summed E-state index contributed by atoms with van der Waals surface area (Å²) in [5, 5.41) is 0. The van der Waals surface area contributed by atoms with Crippen molar-refractivity contribution in [2.24, 2.45) is 0 Å². The van der Waals surface area contributed by atoms with Gasteiger partial charge >= 0.3 is 199 Å². The molecule has 0 saturated heterocycles. The van der Waals surface area contributed by atoms with Crippen LogP contribution in [0.3, 0.4) is 0 Å². The quantitative estimate of drug-likeness (QED) is 0.243. The molecular weight excluding hydrogens is 551 g/mol. The summed E-state index contributed by atoms with van der Waals surface area (Å²) in [6.45, 7) is 2.43. The van der Waals surface area contributed by atoms with Crippen LogP contribution < -0.4 is 0 Å². The molecule has 0 N–H and O–H groups in total. The van der Waals surface area contributed by atoms with E-state index in [0.717, 1.165) is 0 Å². The zero-order chi connectivity index (χ0) is 22.5. The van der Waals surface area contributed by atoms with Crippen molar-refractivity contribution in [1.82, 2.24) is 0 Å². The zero-order valence-corrected chi connectivity index (χ0v) is 26.3. The number of benzene rings is 2. The molecule has 2 aromatic rings. The van der Waals surface area contributed by atoms with Gasteiger partial charge in [0.1, 0.15) is 0 Å². The van der Waals surface area contributed by atoms with Gasteiger partial charge in [-0.1, -0.05) is 0 Å². The monoisotopic (exact) mass is 588 g/mol. The molecule has 4 rings (SSSR count). The third-order valence-corrected chi connectivity index (χ3v) is 24.6. The molecule has 0 fully saturated rings. The molecule has 34 heavy (non-hydrogen) atoms. The van der Waals surface area contributed by atoms with Crippen molar-refractivity contribution in [3.8, 4) is 0 Å². The number of hydrogen-bond donors (Lipinski definition) is 0. The molecule has 0 saturated carbocycles. The molecule has 0 atom stereocenters. The van der Waals surface area contributed by atoms with E-state index in [0.29, 0.717) is 0 Å². The second-order valence-corrected chi connectivity index (χ2v) is 39.3. The summed E-state index contributed by atoms with van der Waals surface area (Å²) < 4.78 is 9.13. The van der Waals surface area contributed by atoms with Crippen LogP contribution in [-0.2, 0) is 30.2 Å². The van der Waals surface area contributed by atoms with Crippen LogP contribution >= 0.6 is 24.8 Å². The van der Waals surface area contributed by atoms with Crippen molar-refractivity contribution in [3.05, 3.63) is 114 Å². The Bertz CT molecular complexity index is 1050. The van der Waals surface area contributed by atoms with Crippen LogP contribution in [0.2, 0.25) is 9.26 Å². The topological polar surface area (TPSA) is 0 Å². The second-order valence-electron chi connectivity index (χ2n) is 10.6. The van der Waals surface area contributed by atoms with Gasteiger partial charge in [-0.3, -0.25) is 0 Å². The van der Waals surface area contributed by atoms with E-state index in [2.05, 4.69) is 101 Å². The summed E-state index contributed by atoms with van der Waals surface area (Å²) in [6.07, 6.45) is 19.6. The molecule has 0 amide bonds. The SMILES string of the molecule is Cl.Cl.[CH3][Zr]([CH3])(=[SiH2])([C]1=C(CCCc2ccccc2)C=CC1)[C]1=C(CCCc2ccccc2)C=CC1. The van der Waals surface area contributed by atoms with Gasteiger partial charge in [-0.15, -0.1) is 24.8 Å². The van der Waals surface area contributed by atoms with Gasteiger partial charge in [0.05, 0.1) is 0 Å². The van der Waals surface area contributed by atoms with E-state index in [1.54, 1.807) is 11.1 Å². The first-order valence-corrected chi connectivity index (χ1v) is 25.7. The first-order valence-electron chi connectivity index (χ1n) is 12.4. The minimum atomic E-state index is -3.12. The van der Waals surface area contributed by atoms with Gasteiger partial charge in [0.2, 0.25) is 0 Å². The summed E-state index contributed by atoms with van der Waals surface area (Å²) in [7, 11) is 0. The van der Waals surface area contributed by atoms with Crippen molar-refractivity contribution < 1.29 is 17.4 Å². The van der Waals surface area contributed by atoms with Gasteiger partial charge in [0, 0.05) is 0 Å². The third kappa shape index (κ3) is 7.07. The van der Waals surface area contributed by atoms with Crippen LogP contribution in [0.25, 0.3) is 0 Å². The average molecular weight is 591 g/mol. The Morgan fingerprint density at radius 2 is 1.00 bits per heavy atom. The van der Waals surface area contributed by atoms with Gasteiger partial charge in [-0.05, 0) is 0 Å². The summed E-state index contributed by atoms with van der Waals surface area (Å²) in [5.41, 5.74) is 6.29. The van der Waals surface area contributed by atoms with E-state index in [-0.39, 0.29) is 24.8 Å². The Kier molecular flexibility index (Phi) is 11.1. The van der Waals surface area contributed by atoms with Gasteiger partial charge in [0.25, 0.3) is 0 Å². The Labute approximate surface area is 222 Å². The molecule has 0 radical (unpaired) electrons. The van der Waals surface area contributed by atoms with Crippen LogP contribution in [0.1, 0.15) is 49.7 Å². The Morgan fingerprint density at radius 3 is 1.38 bits per heavy atom. The molecule has 0 aromatic heterocycles. The summed E-state index contributed by atoms with van der Waals surface area (Å²) in [6, 6.07) is 21.9. The van der Waals surface area contributed by atoms with Crippen molar-refractivity contribution >= 4 is 31.7 Å². The standard InChI is InChI=1S/2C14H15.2CH3.2ClH.H2Si.Zr/c2*1-2-7-13(8-3-1)11-6-12-14-9-4-5-10-14;;;;;;/h2*1-4,7-9H,5-6,11-12H2;2*1H3;2*1H;1H2;. The number of halogens is 2. The van der Waals surface area contributed by atoms with Gasteiger partial charge in [-0.25, -0.2) is 0 Å². The number of rotatable bonds is 10. The maximum absolute atomic E-state index is 3.12. The Balaban J connectivity index is 0.00000204. The molecule has 2 aliphatic rings. The molecule has 0 heterocycles. The van der Waals surface area contributed by atoms with Gasteiger partial charge < -0.3 is 0 Å². The Morgan fingerprint density at radius 1 is 0.618 bits per heavy atom. The van der Waals surface area contributed by atoms with E-state index in [1.807, 2.05) is 6.56 Å². The van der Waals surface area contributed by atoms with Crippen molar-refractivity contribution in [2.75, 3.05) is 0 Å². The first-order chi connectivity index (χ1) is 15.4. The molecular formula is C30H40Cl2SiZr. The van der Waals surface area contributed by atoms with Crippen LogP contribution in [0.5, 0.6) is 0 Å². The molecule has 0 spiro atoms. The van der Waals surface area contributed by atoms with E-state index >= 15 is 0 Å². The molecule has 0 unspecified atom stereocenters. The molecule has 0 bridgehead atoms. The number of allylic oxidation sites excluding steroid dienone is 8. The van der Waals surface area contributed by atoms with E-state index < -0.39 is 17.4 Å². The molecule has 182 valence electrons. The normalized spacial score (nSPS) is 15.5. The molecule has 2 aliphatic carbocycles. The van der Waals surface area contributed by atoms with E-state index in [9.17, 15) is 0 Å². The predicted molar refractivity (Wildman–Crippen MR) is 155 cm³/mol. The van der Waals surface area contributed by atoms with Crippen LogP contribution in [0, 0.1) is 0 Å². The van der Waals surface area contributed by atoms with E-state index in [1.165, 1.54) is 62.5 Å². The van der Waals surface area contributed by atoms with Crippen LogP contribution in [0.15, 0.2) is 103 Å². The Hall–Kier alpha value is -0.920. The zero-order valence-electron chi connectivity index (χ0n) is 20.8. The van der Waals surface area contributed by atoms with Crippen molar-refractivity contribution in [3.63, 3.8) is 0 Å². The van der Waals surface area contributed by atoms with Crippen molar-refractivity contribution in [2.45, 2.75) is 60.6 Å². The third-order valence-electron chi connectivity index (χ3n) is 7.50. The van der Waals surface area contributed by atoms with Gasteiger partial charge in [-0.2, -0.15) is 0 Å². The van der Waals surface area contributed by atoms with Gasteiger partial charge in [0.15, 0.2) is 0 Å². The molecule has 0 nitrogen and oxygen atoms in total. The maximum atomic E-state index is 2.71. The van der Waals surface area contributed by atoms with E-state index in [4.69, 9.17) is 0 Å².